The highest BCUT2D eigenvalue weighted by Gasteiger charge is 2.32. The lowest BCUT2D eigenvalue weighted by molar-refractivity contribution is -0.120. The van der Waals surface area contributed by atoms with Gasteiger partial charge in [0.15, 0.2) is 33.6 Å². The number of nitrogens with zero attached hydrogens (tertiary/aromatic N) is 4. The highest BCUT2D eigenvalue weighted by Crippen LogP contribution is 2.37. The minimum atomic E-state index is -0.266. The number of imidazole rings is 1. The molecule has 0 saturated heterocycles. The number of rotatable bonds is 8. The SMILES string of the molecule is Bc1cc(O)c(O)cc1Sc1nc2c(NC(C)=O)ncnc2n1CCC(NC(C)=O)C1CC1. The molecular formula is C21H25BN6O4S. The molecule has 1 atom stereocenters. The molecule has 33 heavy (non-hydrogen) atoms. The van der Waals surface area contributed by atoms with Crippen molar-refractivity contribution in [3.05, 3.63) is 18.5 Å². The quantitative estimate of drug-likeness (QED) is 0.282. The number of amides is 2. The van der Waals surface area contributed by atoms with Crippen molar-refractivity contribution in [3.8, 4) is 11.5 Å². The summed E-state index contributed by atoms with van der Waals surface area (Å²) >= 11 is 1.32. The molecule has 2 heterocycles. The van der Waals surface area contributed by atoms with E-state index in [2.05, 4.69) is 20.6 Å². The predicted octanol–water partition coefficient (Wildman–Crippen LogP) is 0.910. The van der Waals surface area contributed by atoms with Crippen molar-refractivity contribution < 1.29 is 19.8 Å². The number of anilines is 1. The lowest BCUT2D eigenvalue weighted by Crippen LogP contribution is -2.35. The summed E-state index contributed by atoms with van der Waals surface area (Å²) in [7, 11) is 1.83. The summed E-state index contributed by atoms with van der Waals surface area (Å²) in [5.74, 6) is 0.0651. The number of hydrogen-bond acceptors (Lipinski definition) is 8. The minimum Gasteiger partial charge on any atom is -0.504 e. The summed E-state index contributed by atoms with van der Waals surface area (Å²) in [6, 6.07) is 3.05. The van der Waals surface area contributed by atoms with Crippen molar-refractivity contribution in [2.45, 2.75) is 55.7 Å². The van der Waals surface area contributed by atoms with Gasteiger partial charge in [-0.2, -0.15) is 0 Å². The van der Waals surface area contributed by atoms with Crippen LogP contribution in [0.3, 0.4) is 0 Å². The lowest BCUT2D eigenvalue weighted by Gasteiger charge is -2.18. The lowest BCUT2D eigenvalue weighted by atomic mass is 9.96. The fourth-order valence-electron chi connectivity index (χ4n) is 3.78. The molecule has 1 aromatic carbocycles. The van der Waals surface area contributed by atoms with Crippen molar-refractivity contribution in [2.24, 2.45) is 5.92 Å². The highest BCUT2D eigenvalue weighted by molar-refractivity contribution is 7.99. The fraction of sp³-hybridized carbons (Fsp3) is 0.381. The molecule has 1 aliphatic rings. The van der Waals surface area contributed by atoms with Crippen LogP contribution >= 0.6 is 11.8 Å². The first-order valence-electron chi connectivity index (χ1n) is 10.7. The van der Waals surface area contributed by atoms with Gasteiger partial charge in [-0.05, 0) is 37.3 Å². The first-order chi connectivity index (χ1) is 15.7. The number of phenols is 2. The topological polar surface area (TPSA) is 142 Å². The second-order valence-corrected chi connectivity index (χ2v) is 9.27. The molecule has 12 heteroatoms. The summed E-state index contributed by atoms with van der Waals surface area (Å²) < 4.78 is 1.94. The number of hydrogen-bond donors (Lipinski definition) is 4. The average Bonchev–Trinajstić information content (AvgIpc) is 3.52. The summed E-state index contributed by atoms with van der Waals surface area (Å²) in [6.07, 6.45) is 4.27. The molecule has 10 nitrogen and oxygen atoms in total. The summed E-state index contributed by atoms with van der Waals surface area (Å²) in [5.41, 5.74) is 1.80. The smallest absolute Gasteiger partial charge is 0.222 e. The van der Waals surface area contributed by atoms with Crippen LogP contribution in [0.5, 0.6) is 11.5 Å². The van der Waals surface area contributed by atoms with Gasteiger partial charge < -0.3 is 25.4 Å². The van der Waals surface area contributed by atoms with Gasteiger partial charge in [0.05, 0.1) is 0 Å². The Labute approximate surface area is 195 Å². The number of aryl methyl sites for hydroxylation is 1. The fourth-order valence-corrected chi connectivity index (χ4v) is 4.79. The van der Waals surface area contributed by atoms with Gasteiger partial charge in [0, 0.05) is 31.3 Å². The number of aromatic hydroxyl groups is 2. The first kappa shape index (κ1) is 22.9. The Balaban J connectivity index is 1.73. The normalized spacial score (nSPS) is 14.2. The van der Waals surface area contributed by atoms with Crippen LogP contribution < -0.4 is 16.1 Å². The average molecular weight is 468 g/mol. The Morgan fingerprint density at radius 1 is 1.21 bits per heavy atom. The second-order valence-electron chi connectivity index (χ2n) is 8.26. The molecule has 0 aliphatic heterocycles. The van der Waals surface area contributed by atoms with E-state index in [0.29, 0.717) is 41.0 Å². The van der Waals surface area contributed by atoms with Crippen LogP contribution in [-0.4, -0.2) is 55.4 Å². The molecule has 1 aliphatic carbocycles. The first-order valence-corrected chi connectivity index (χ1v) is 11.5. The number of nitrogens with one attached hydrogen (secondary N) is 2. The van der Waals surface area contributed by atoms with Crippen molar-refractivity contribution in [3.63, 3.8) is 0 Å². The number of carbonyl (C=O) groups excluding carboxylic acids is 2. The van der Waals surface area contributed by atoms with Crippen LogP contribution in [0, 0.1) is 5.92 Å². The Morgan fingerprint density at radius 3 is 2.61 bits per heavy atom. The molecule has 0 radical (unpaired) electrons. The van der Waals surface area contributed by atoms with Crippen LogP contribution in [0.1, 0.15) is 33.1 Å². The van der Waals surface area contributed by atoms with Crippen molar-refractivity contribution in [2.75, 3.05) is 5.32 Å². The highest BCUT2D eigenvalue weighted by atomic mass is 32.2. The van der Waals surface area contributed by atoms with Gasteiger partial charge in [-0.1, -0.05) is 17.2 Å². The number of phenolic OH excluding ortho intramolecular Hbond substituents is 2. The zero-order valence-electron chi connectivity index (χ0n) is 18.6. The second kappa shape index (κ2) is 9.30. The van der Waals surface area contributed by atoms with Gasteiger partial charge in [-0.15, -0.1) is 0 Å². The van der Waals surface area contributed by atoms with Gasteiger partial charge in [-0.3, -0.25) is 9.59 Å². The predicted molar refractivity (Wildman–Crippen MR) is 127 cm³/mol. The number of fused-ring (bicyclic) bond motifs is 1. The van der Waals surface area contributed by atoms with Gasteiger partial charge >= 0.3 is 0 Å². The molecule has 172 valence electrons. The van der Waals surface area contributed by atoms with Crippen LogP contribution in [0.4, 0.5) is 5.82 Å². The minimum absolute atomic E-state index is 0.0533. The number of benzene rings is 1. The van der Waals surface area contributed by atoms with E-state index in [9.17, 15) is 19.8 Å². The van der Waals surface area contributed by atoms with E-state index >= 15 is 0 Å². The monoisotopic (exact) mass is 468 g/mol. The zero-order valence-corrected chi connectivity index (χ0v) is 19.4. The molecule has 2 aromatic heterocycles. The van der Waals surface area contributed by atoms with Gasteiger partial charge in [0.25, 0.3) is 0 Å². The molecule has 3 aromatic rings. The van der Waals surface area contributed by atoms with E-state index in [1.165, 1.54) is 44.1 Å². The van der Waals surface area contributed by atoms with Crippen LogP contribution in [0.2, 0.25) is 0 Å². The Morgan fingerprint density at radius 2 is 1.94 bits per heavy atom. The largest absolute Gasteiger partial charge is 0.504 e. The maximum absolute atomic E-state index is 11.7. The van der Waals surface area contributed by atoms with Crippen LogP contribution in [-0.2, 0) is 16.1 Å². The number of aromatic nitrogens is 4. The third-order valence-electron chi connectivity index (χ3n) is 5.51. The van der Waals surface area contributed by atoms with Crippen molar-refractivity contribution in [1.29, 1.82) is 0 Å². The molecule has 4 rings (SSSR count). The molecule has 1 saturated carbocycles. The molecule has 4 N–H and O–H groups in total. The third kappa shape index (κ3) is 5.21. The van der Waals surface area contributed by atoms with Crippen molar-refractivity contribution >= 4 is 53.9 Å². The standard InChI is InChI=1S/C21H25BN6O4S/c1-10(29)25-14(12-3-4-12)5-6-28-20-18(19(23-9-24-20)26-11(2)30)27-21(28)33-17-8-16(32)15(31)7-13(17)22/h7-9,12,14,31-32H,3-6,22H2,1-2H3,(H,25,29)(H,23,24,26,30). The van der Waals surface area contributed by atoms with E-state index in [1.54, 1.807) is 0 Å². The third-order valence-corrected chi connectivity index (χ3v) is 6.66. The van der Waals surface area contributed by atoms with Gasteiger partial charge in [-0.25, -0.2) is 15.0 Å². The molecule has 0 spiro atoms. The van der Waals surface area contributed by atoms with Crippen LogP contribution in [0.25, 0.3) is 11.2 Å². The zero-order chi connectivity index (χ0) is 23.7. The molecular weight excluding hydrogens is 443 g/mol. The van der Waals surface area contributed by atoms with Gasteiger partial charge in [0.2, 0.25) is 11.8 Å². The van der Waals surface area contributed by atoms with E-state index in [1.807, 2.05) is 12.4 Å². The Kier molecular flexibility index (Phi) is 6.45. The van der Waals surface area contributed by atoms with E-state index in [0.717, 1.165) is 23.2 Å². The maximum atomic E-state index is 11.7. The van der Waals surface area contributed by atoms with Crippen molar-refractivity contribution in [1.82, 2.24) is 24.8 Å². The van der Waals surface area contributed by atoms with Gasteiger partial charge in [0.1, 0.15) is 14.2 Å². The van der Waals surface area contributed by atoms with E-state index < -0.39 is 0 Å². The molecule has 0 bridgehead atoms. The summed E-state index contributed by atoms with van der Waals surface area (Å²) in [6.45, 7) is 3.47. The Hall–Kier alpha value is -3.28. The summed E-state index contributed by atoms with van der Waals surface area (Å²) in [5, 5.41) is 26.1. The summed E-state index contributed by atoms with van der Waals surface area (Å²) in [4.78, 5) is 37.3. The molecule has 1 fully saturated rings. The molecule has 1 unspecified atom stereocenters. The Bertz CT molecular complexity index is 1230. The molecule has 2 amide bonds. The van der Waals surface area contributed by atoms with E-state index in [-0.39, 0.29) is 29.4 Å². The van der Waals surface area contributed by atoms with E-state index in [4.69, 9.17) is 4.98 Å². The maximum Gasteiger partial charge on any atom is 0.222 e. The number of carbonyl (C=O) groups is 2. The van der Waals surface area contributed by atoms with Crippen LogP contribution in [0.15, 0.2) is 28.5 Å².